The van der Waals surface area contributed by atoms with E-state index >= 15 is 0 Å². The number of fused-ring (bicyclic) bond motifs is 1. The number of carbonyl (C=O) groups is 1. The van der Waals surface area contributed by atoms with Crippen molar-refractivity contribution >= 4 is 6.16 Å². The number of methoxy groups -OCH3 is 2. The fourth-order valence-corrected chi connectivity index (χ4v) is 6.33. The molecule has 2 aliphatic rings. The molecule has 8 nitrogen and oxygen atoms in total. The van der Waals surface area contributed by atoms with Gasteiger partial charge in [-0.05, 0) is 53.5 Å². The Morgan fingerprint density at radius 2 is 1.26 bits per heavy atom. The molecule has 0 bridgehead atoms. The van der Waals surface area contributed by atoms with Crippen LogP contribution < -0.4 is 9.47 Å². The van der Waals surface area contributed by atoms with Gasteiger partial charge >= 0.3 is 6.16 Å². The van der Waals surface area contributed by atoms with Crippen LogP contribution in [0.15, 0.2) is 121 Å². The van der Waals surface area contributed by atoms with Gasteiger partial charge in [-0.1, -0.05) is 91.5 Å². The van der Waals surface area contributed by atoms with E-state index in [9.17, 15) is 4.79 Å². The Hall–Kier alpha value is -4.63. The number of rotatable bonds is 11. The van der Waals surface area contributed by atoms with E-state index in [1.807, 2.05) is 84.9 Å². The SMILES string of the molecule is C=C1[C@@H](COC(c2ccccc2)(c2ccccc2)c2ccc(OC)cc2)[C@H]2O[C@@H](c3ccc(OC)cc3)O[C@H]2[C@H]1OC(=O)OCC. The van der Waals surface area contributed by atoms with Crippen molar-refractivity contribution in [3.05, 3.63) is 144 Å². The number of hydrogen-bond donors (Lipinski definition) is 0. The van der Waals surface area contributed by atoms with E-state index in [-0.39, 0.29) is 19.1 Å². The van der Waals surface area contributed by atoms with Gasteiger partial charge in [0.1, 0.15) is 29.3 Å². The lowest BCUT2D eigenvalue weighted by Gasteiger charge is -2.37. The standard InChI is InChI=1S/C38H38O8/c1-5-42-37(39)46-33-25(2)32(34-35(33)45-36(44-34)26-16-20-30(40-3)21-17-26)24-43-38(27-12-8-6-9-13-27,28-14-10-7-11-15-28)29-18-22-31(41-4)23-19-29/h6-23,32-36H,2,5,24H2,1,3-4H3/t32-,33+,34-,35+,36-/m1/s1. The second-order valence-electron chi connectivity index (χ2n) is 11.2. The normalized spacial score (nSPS) is 22.2. The molecule has 5 atom stereocenters. The molecule has 1 saturated heterocycles. The Morgan fingerprint density at radius 3 is 1.80 bits per heavy atom. The molecular weight excluding hydrogens is 584 g/mol. The third kappa shape index (κ3) is 5.99. The van der Waals surface area contributed by atoms with Gasteiger partial charge in [0, 0.05) is 11.5 Å². The van der Waals surface area contributed by atoms with E-state index in [1.54, 1.807) is 21.1 Å². The topological polar surface area (TPSA) is 81.7 Å². The largest absolute Gasteiger partial charge is 0.508 e. The van der Waals surface area contributed by atoms with Crippen molar-refractivity contribution in [2.75, 3.05) is 27.4 Å². The number of hydrogen-bond acceptors (Lipinski definition) is 8. The number of benzene rings is 4. The molecule has 6 rings (SSSR count). The minimum absolute atomic E-state index is 0.184. The van der Waals surface area contributed by atoms with Gasteiger partial charge in [0.15, 0.2) is 12.4 Å². The van der Waals surface area contributed by atoms with Crippen LogP contribution in [0.2, 0.25) is 0 Å². The van der Waals surface area contributed by atoms with Gasteiger partial charge in [-0.15, -0.1) is 0 Å². The molecule has 4 aromatic rings. The monoisotopic (exact) mass is 622 g/mol. The maximum Gasteiger partial charge on any atom is 0.508 e. The minimum atomic E-state index is -1.00. The van der Waals surface area contributed by atoms with Gasteiger partial charge in [0.05, 0.1) is 27.4 Å². The summed E-state index contributed by atoms with van der Waals surface area (Å²) >= 11 is 0. The maximum atomic E-state index is 12.5. The van der Waals surface area contributed by atoms with Crippen molar-refractivity contribution < 1.29 is 38.0 Å². The summed E-state index contributed by atoms with van der Waals surface area (Å²) in [6, 6.07) is 35.6. The quantitative estimate of drug-likeness (QED) is 0.0985. The average molecular weight is 623 g/mol. The molecule has 0 radical (unpaired) electrons. The van der Waals surface area contributed by atoms with Crippen molar-refractivity contribution in [3.63, 3.8) is 0 Å². The highest BCUT2D eigenvalue weighted by Gasteiger charge is 2.56. The molecule has 1 aliphatic carbocycles. The summed E-state index contributed by atoms with van der Waals surface area (Å²) in [5, 5.41) is 0. The second kappa shape index (κ2) is 13.8. The predicted molar refractivity (Wildman–Crippen MR) is 172 cm³/mol. The van der Waals surface area contributed by atoms with Crippen LogP contribution in [0.3, 0.4) is 0 Å². The molecule has 238 valence electrons. The molecule has 0 unspecified atom stereocenters. The molecule has 0 N–H and O–H groups in total. The van der Waals surface area contributed by atoms with E-state index in [2.05, 4.69) is 30.8 Å². The van der Waals surface area contributed by atoms with Gasteiger partial charge in [-0.25, -0.2) is 4.79 Å². The predicted octanol–water partition coefficient (Wildman–Crippen LogP) is 7.22. The van der Waals surface area contributed by atoms with E-state index in [0.717, 1.165) is 33.8 Å². The fraction of sp³-hybridized carbons (Fsp3) is 0.289. The molecule has 8 heteroatoms. The van der Waals surface area contributed by atoms with E-state index in [0.29, 0.717) is 5.57 Å². The molecule has 1 saturated carbocycles. The van der Waals surface area contributed by atoms with Crippen LogP contribution in [-0.2, 0) is 29.3 Å². The Kier molecular flexibility index (Phi) is 9.40. The Bertz CT molecular complexity index is 1570. The van der Waals surface area contributed by atoms with Crippen molar-refractivity contribution in [2.45, 2.75) is 37.1 Å². The molecule has 46 heavy (non-hydrogen) atoms. The lowest BCUT2D eigenvalue weighted by Crippen LogP contribution is -2.37. The summed E-state index contributed by atoms with van der Waals surface area (Å²) in [6.45, 7) is 6.47. The highest BCUT2D eigenvalue weighted by molar-refractivity contribution is 5.61. The molecule has 0 spiro atoms. The van der Waals surface area contributed by atoms with Crippen molar-refractivity contribution in [2.24, 2.45) is 5.92 Å². The van der Waals surface area contributed by atoms with Gasteiger partial charge in [0.25, 0.3) is 0 Å². The van der Waals surface area contributed by atoms with Crippen LogP contribution in [0.5, 0.6) is 11.5 Å². The first-order valence-corrected chi connectivity index (χ1v) is 15.3. The van der Waals surface area contributed by atoms with Crippen molar-refractivity contribution in [1.82, 2.24) is 0 Å². The zero-order valence-electron chi connectivity index (χ0n) is 26.2. The summed E-state index contributed by atoms with van der Waals surface area (Å²) < 4.78 is 41.9. The second-order valence-corrected chi connectivity index (χ2v) is 11.2. The first-order chi connectivity index (χ1) is 22.5. The van der Waals surface area contributed by atoms with Gasteiger partial charge < -0.3 is 33.2 Å². The average Bonchev–Trinajstić information content (AvgIpc) is 3.64. The molecule has 1 aliphatic heterocycles. The zero-order valence-corrected chi connectivity index (χ0v) is 26.2. The number of ether oxygens (including phenoxy) is 7. The molecule has 2 fully saturated rings. The molecule has 0 amide bonds. The zero-order chi connectivity index (χ0) is 32.1. The summed E-state index contributed by atoms with van der Waals surface area (Å²) in [6.07, 6.45) is -3.36. The third-order valence-electron chi connectivity index (χ3n) is 8.63. The Labute approximate surface area is 269 Å². The van der Waals surface area contributed by atoms with Crippen molar-refractivity contribution in [3.8, 4) is 11.5 Å². The van der Waals surface area contributed by atoms with Crippen LogP contribution in [-0.4, -0.2) is 51.9 Å². The van der Waals surface area contributed by atoms with Crippen LogP contribution in [0.1, 0.15) is 35.5 Å². The Morgan fingerprint density at radius 1 is 0.739 bits per heavy atom. The van der Waals surface area contributed by atoms with E-state index in [1.165, 1.54) is 0 Å². The lowest BCUT2D eigenvalue weighted by molar-refractivity contribution is -0.101. The molecule has 1 heterocycles. The number of carbonyl (C=O) groups excluding carboxylic acids is 1. The summed E-state index contributed by atoms with van der Waals surface area (Å²) in [4.78, 5) is 12.5. The third-order valence-corrected chi connectivity index (χ3v) is 8.63. The highest BCUT2D eigenvalue weighted by Crippen LogP contribution is 2.48. The van der Waals surface area contributed by atoms with E-state index in [4.69, 9.17) is 33.2 Å². The highest BCUT2D eigenvalue weighted by atomic mass is 16.8. The fourth-order valence-electron chi connectivity index (χ4n) is 6.33. The minimum Gasteiger partial charge on any atom is -0.497 e. The van der Waals surface area contributed by atoms with Crippen LogP contribution >= 0.6 is 0 Å². The summed E-state index contributed by atoms with van der Waals surface area (Å²) in [5.74, 6) is 1.09. The van der Waals surface area contributed by atoms with Gasteiger partial charge in [0.2, 0.25) is 0 Å². The molecule has 0 aromatic heterocycles. The molecular formula is C38H38O8. The van der Waals surface area contributed by atoms with Gasteiger partial charge in [-0.3, -0.25) is 0 Å². The van der Waals surface area contributed by atoms with Crippen molar-refractivity contribution in [1.29, 1.82) is 0 Å². The first kappa shape index (κ1) is 31.4. The summed E-state index contributed by atoms with van der Waals surface area (Å²) in [7, 11) is 3.26. The van der Waals surface area contributed by atoms with Gasteiger partial charge in [-0.2, -0.15) is 0 Å². The van der Waals surface area contributed by atoms with Crippen LogP contribution in [0.25, 0.3) is 0 Å². The van der Waals surface area contributed by atoms with Crippen LogP contribution in [0.4, 0.5) is 4.79 Å². The summed E-state index contributed by atoms with van der Waals surface area (Å²) in [5.41, 5.74) is 3.28. The molecule has 4 aromatic carbocycles. The smallest absolute Gasteiger partial charge is 0.497 e. The van der Waals surface area contributed by atoms with E-state index < -0.39 is 36.4 Å². The lowest BCUT2D eigenvalue weighted by atomic mass is 9.80. The first-order valence-electron chi connectivity index (χ1n) is 15.3. The van der Waals surface area contributed by atoms with Crippen LogP contribution in [0, 0.1) is 5.92 Å². The maximum absolute atomic E-state index is 12.5. The Balaban J connectivity index is 1.37.